The smallest absolute Gasteiger partial charge is 0.243 e. The van der Waals surface area contributed by atoms with E-state index < -0.39 is 10.0 Å². The van der Waals surface area contributed by atoms with Crippen LogP contribution in [-0.2, 0) is 16.6 Å². The van der Waals surface area contributed by atoms with Gasteiger partial charge in [0, 0.05) is 25.2 Å². The van der Waals surface area contributed by atoms with E-state index in [9.17, 15) is 8.42 Å². The number of ether oxygens (including phenoxy) is 1. The molecule has 0 aromatic heterocycles. The fourth-order valence-electron chi connectivity index (χ4n) is 2.49. The van der Waals surface area contributed by atoms with Crippen molar-refractivity contribution >= 4 is 10.0 Å². The lowest BCUT2D eigenvalue weighted by Crippen LogP contribution is -2.28. The lowest BCUT2D eigenvalue weighted by molar-refractivity contribution is 0.335. The zero-order chi connectivity index (χ0) is 15.3. The first-order chi connectivity index (χ1) is 10.1. The molecule has 1 aliphatic heterocycles. The Labute approximate surface area is 127 Å². The van der Waals surface area contributed by atoms with Gasteiger partial charge in [-0.25, -0.2) is 8.42 Å². The summed E-state index contributed by atoms with van der Waals surface area (Å²) >= 11 is 0. The van der Waals surface area contributed by atoms with E-state index in [0.717, 1.165) is 30.7 Å². The molecule has 6 heteroatoms. The number of sulfonamides is 1. The van der Waals surface area contributed by atoms with Gasteiger partial charge in [-0.15, -0.1) is 0 Å². The Hall–Kier alpha value is -1.11. The molecule has 0 aliphatic carbocycles. The monoisotopic (exact) mass is 312 g/mol. The van der Waals surface area contributed by atoms with E-state index in [2.05, 4.69) is 5.32 Å². The highest BCUT2D eigenvalue weighted by Crippen LogP contribution is 2.26. The standard InChI is InChI=1S/C15H24N2O3S/c1-3-16-12-13-11-14(7-8-15(13)20-4-2)21(18,19)17-9-5-6-10-17/h7-8,11,16H,3-6,9-10,12H2,1-2H3. The molecule has 1 heterocycles. The first-order valence-electron chi connectivity index (χ1n) is 7.56. The fourth-order valence-corrected chi connectivity index (χ4v) is 4.06. The summed E-state index contributed by atoms with van der Waals surface area (Å²) in [6, 6.07) is 5.15. The van der Waals surface area contributed by atoms with Crippen molar-refractivity contribution in [2.45, 2.75) is 38.1 Å². The molecule has 0 spiro atoms. The molecule has 0 radical (unpaired) electrons. The number of nitrogens with zero attached hydrogens (tertiary/aromatic N) is 1. The largest absolute Gasteiger partial charge is 0.494 e. The lowest BCUT2D eigenvalue weighted by atomic mass is 10.2. The van der Waals surface area contributed by atoms with Crippen LogP contribution < -0.4 is 10.1 Å². The molecule has 1 aliphatic rings. The third-order valence-electron chi connectivity index (χ3n) is 3.60. The third-order valence-corrected chi connectivity index (χ3v) is 5.49. The normalized spacial score (nSPS) is 16.3. The second-order valence-electron chi connectivity index (χ2n) is 5.09. The summed E-state index contributed by atoms with van der Waals surface area (Å²) in [5.74, 6) is 0.749. The minimum atomic E-state index is -3.37. The molecule has 1 saturated heterocycles. The number of benzene rings is 1. The van der Waals surface area contributed by atoms with Crippen molar-refractivity contribution in [3.05, 3.63) is 23.8 Å². The van der Waals surface area contributed by atoms with Crippen molar-refractivity contribution in [2.75, 3.05) is 26.2 Å². The summed E-state index contributed by atoms with van der Waals surface area (Å²) < 4.78 is 32.3. The molecule has 5 nitrogen and oxygen atoms in total. The van der Waals surface area contributed by atoms with Crippen LogP contribution in [0.2, 0.25) is 0 Å². The maximum atomic E-state index is 12.6. The van der Waals surface area contributed by atoms with E-state index in [1.54, 1.807) is 22.5 Å². The molecular weight excluding hydrogens is 288 g/mol. The average molecular weight is 312 g/mol. The Kier molecular flexibility index (Phi) is 5.61. The maximum Gasteiger partial charge on any atom is 0.243 e. The van der Waals surface area contributed by atoms with Crippen molar-refractivity contribution < 1.29 is 13.2 Å². The Morgan fingerprint density at radius 1 is 1.24 bits per heavy atom. The molecule has 2 rings (SSSR count). The average Bonchev–Trinajstić information content (AvgIpc) is 3.01. The molecule has 0 amide bonds. The second-order valence-corrected chi connectivity index (χ2v) is 7.03. The van der Waals surface area contributed by atoms with Crippen molar-refractivity contribution in [2.24, 2.45) is 0 Å². The van der Waals surface area contributed by atoms with E-state index in [1.807, 2.05) is 13.8 Å². The van der Waals surface area contributed by atoms with Crippen LogP contribution in [-0.4, -0.2) is 39.0 Å². The first-order valence-corrected chi connectivity index (χ1v) is 9.00. The minimum absolute atomic E-state index is 0.362. The van der Waals surface area contributed by atoms with Gasteiger partial charge in [0.1, 0.15) is 5.75 Å². The predicted molar refractivity (Wildman–Crippen MR) is 83.0 cm³/mol. The molecule has 0 bridgehead atoms. The van der Waals surface area contributed by atoms with Gasteiger partial charge in [0.25, 0.3) is 0 Å². The van der Waals surface area contributed by atoms with E-state index >= 15 is 0 Å². The minimum Gasteiger partial charge on any atom is -0.494 e. The molecule has 21 heavy (non-hydrogen) atoms. The van der Waals surface area contributed by atoms with Gasteiger partial charge in [-0.05, 0) is 44.5 Å². The van der Waals surface area contributed by atoms with Gasteiger partial charge in [0.05, 0.1) is 11.5 Å². The van der Waals surface area contributed by atoms with Crippen molar-refractivity contribution in [3.63, 3.8) is 0 Å². The zero-order valence-corrected chi connectivity index (χ0v) is 13.6. The summed E-state index contributed by atoms with van der Waals surface area (Å²) in [7, 11) is -3.37. The second kappa shape index (κ2) is 7.24. The van der Waals surface area contributed by atoms with Crippen molar-refractivity contribution in [1.82, 2.24) is 9.62 Å². The van der Waals surface area contributed by atoms with Gasteiger partial charge in [0.2, 0.25) is 10.0 Å². The van der Waals surface area contributed by atoms with Crippen LogP contribution in [0.4, 0.5) is 0 Å². The molecular formula is C15H24N2O3S. The Balaban J connectivity index is 2.31. The Morgan fingerprint density at radius 3 is 2.57 bits per heavy atom. The SMILES string of the molecule is CCNCc1cc(S(=O)(=O)N2CCCC2)ccc1OCC. The van der Waals surface area contributed by atoms with Gasteiger partial charge >= 0.3 is 0 Å². The van der Waals surface area contributed by atoms with Crippen LogP contribution in [0.3, 0.4) is 0 Å². The zero-order valence-electron chi connectivity index (χ0n) is 12.8. The van der Waals surface area contributed by atoms with Crippen molar-refractivity contribution in [1.29, 1.82) is 0 Å². The van der Waals surface area contributed by atoms with Gasteiger partial charge in [0.15, 0.2) is 0 Å². The highest BCUT2D eigenvalue weighted by molar-refractivity contribution is 7.89. The molecule has 0 atom stereocenters. The van der Waals surface area contributed by atoms with Crippen LogP contribution in [0.15, 0.2) is 23.1 Å². The molecule has 1 N–H and O–H groups in total. The summed E-state index contributed by atoms with van der Waals surface area (Å²) in [4.78, 5) is 0.362. The van der Waals surface area contributed by atoms with Crippen LogP contribution in [0, 0.1) is 0 Å². The summed E-state index contributed by atoms with van der Waals surface area (Å²) in [6.45, 7) is 7.19. The van der Waals surface area contributed by atoms with Gasteiger partial charge in [-0.2, -0.15) is 4.31 Å². The summed E-state index contributed by atoms with van der Waals surface area (Å²) in [5.41, 5.74) is 0.888. The van der Waals surface area contributed by atoms with Gasteiger partial charge < -0.3 is 10.1 Å². The number of hydrogen-bond acceptors (Lipinski definition) is 4. The van der Waals surface area contributed by atoms with Crippen LogP contribution in [0.25, 0.3) is 0 Å². The highest BCUT2D eigenvalue weighted by Gasteiger charge is 2.27. The maximum absolute atomic E-state index is 12.6. The van der Waals surface area contributed by atoms with E-state index in [-0.39, 0.29) is 0 Å². The van der Waals surface area contributed by atoms with Crippen LogP contribution in [0.1, 0.15) is 32.3 Å². The molecule has 118 valence electrons. The summed E-state index contributed by atoms with van der Waals surface area (Å²) in [5, 5.41) is 3.22. The van der Waals surface area contributed by atoms with Crippen molar-refractivity contribution in [3.8, 4) is 5.75 Å². The molecule has 1 fully saturated rings. The molecule has 0 saturated carbocycles. The molecule has 1 aromatic rings. The molecule has 1 aromatic carbocycles. The number of nitrogens with one attached hydrogen (secondary N) is 1. The van der Waals surface area contributed by atoms with E-state index in [1.165, 1.54) is 0 Å². The van der Waals surface area contributed by atoms with Crippen LogP contribution in [0.5, 0.6) is 5.75 Å². The van der Waals surface area contributed by atoms with Crippen LogP contribution >= 0.6 is 0 Å². The van der Waals surface area contributed by atoms with E-state index in [0.29, 0.717) is 31.1 Å². The highest BCUT2D eigenvalue weighted by atomic mass is 32.2. The Bertz CT molecular complexity index is 566. The fraction of sp³-hybridized carbons (Fsp3) is 0.600. The van der Waals surface area contributed by atoms with E-state index in [4.69, 9.17) is 4.74 Å². The lowest BCUT2D eigenvalue weighted by Gasteiger charge is -2.17. The quantitative estimate of drug-likeness (QED) is 0.836. The van der Waals surface area contributed by atoms with Gasteiger partial charge in [-0.3, -0.25) is 0 Å². The predicted octanol–water partition coefficient (Wildman–Crippen LogP) is 1.98. The third kappa shape index (κ3) is 3.75. The summed E-state index contributed by atoms with van der Waals surface area (Å²) in [6.07, 6.45) is 1.89. The Morgan fingerprint density at radius 2 is 1.95 bits per heavy atom. The number of rotatable bonds is 7. The first kappa shape index (κ1) is 16.3. The van der Waals surface area contributed by atoms with Gasteiger partial charge in [-0.1, -0.05) is 6.92 Å². The topological polar surface area (TPSA) is 58.6 Å². The number of hydrogen-bond donors (Lipinski definition) is 1. The molecule has 0 unspecified atom stereocenters.